The van der Waals surface area contributed by atoms with Crippen molar-refractivity contribution in [3.63, 3.8) is 0 Å². The smallest absolute Gasteiger partial charge is 0.399 e. The Morgan fingerprint density at radius 1 is 1.22 bits per heavy atom. The first kappa shape index (κ1) is 14.8. The van der Waals surface area contributed by atoms with Crippen molar-refractivity contribution in [3.05, 3.63) is 23.8 Å². The van der Waals surface area contributed by atoms with E-state index >= 15 is 0 Å². The minimum atomic E-state index is -4.59. The number of halogens is 5. The second-order valence-corrected chi connectivity index (χ2v) is 4.58. The number of nitrogens with two attached hydrogens (primary N) is 1. The molecule has 1 rings (SSSR count). The van der Waals surface area contributed by atoms with E-state index in [4.69, 9.17) is 5.73 Å². The summed E-state index contributed by atoms with van der Waals surface area (Å²) in [4.78, 5) is -0.855. The molecule has 0 aromatic heterocycles. The van der Waals surface area contributed by atoms with Gasteiger partial charge in [0.15, 0.2) is 0 Å². The van der Waals surface area contributed by atoms with Gasteiger partial charge in [0.05, 0.1) is 10.8 Å². The molecule has 0 heterocycles. The third-order valence-corrected chi connectivity index (χ3v) is 2.93. The summed E-state index contributed by atoms with van der Waals surface area (Å²) in [5, 5.41) is 0. The monoisotopic (exact) mass is 289 g/mol. The molecule has 9 heteroatoms. The highest BCUT2D eigenvalue weighted by molar-refractivity contribution is 7.84. The SMILES string of the molecule is Nc1cc(F)c(S(=O)COCC(F)(F)F)c(F)c1. The van der Waals surface area contributed by atoms with Crippen molar-refractivity contribution in [1.29, 1.82) is 0 Å². The van der Waals surface area contributed by atoms with Crippen molar-refractivity contribution < 1.29 is 30.9 Å². The van der Waals surface area contributed by atoms with Crippen LogP contribution in [0, 0.1) is 11.6 Å². The summed E-state index contributed by atoms with van der Waals surface area (Å²) in [7, 11) is -2.38. The average Bonchev–Trinajstić information content (AvgIpc) is 2.13. The molecule has 0 fully saturated rings. The van der Waals surface area contributed by atoms with Gasteiger partial charge in [-0.3, -0.25) is 4.21 Å². The first-order valence-corrected chi connectivity index (χ1v) is 5.80. The van der Waals surface area contributed by atoms with E-state index in [9.17, 15) is 26.2 Å². The van der Waals surface area contributed by atoms with Gasteiger partial charge in [0, 0.05) is 5.69 Å². The summed E-state index contributed by atoms with van der Waals surface area (Å²) in [5.74, 6) is -3.35. The van der Waals surface area contributed by atoms with Gasteiger partial charge in [-0.15, -0.1) is 0 Å². The lowest BCUT2D eigenvalue weighted by Gasteiger charge is -2.09. The highest BCUT2D eigenvalue weighted by atomic mass is 32.2. The number of hydrogen-bond donors (Lipinski definition) is 1. The zero-order valence-corrected chi connectivity index (χ0v) is 9.58. The summed E-state index contributed by atoms with van der Waals surface area (Å²) in [6.45, 7) is -1.64. The Morgan fingerprint density at radius 3 is 2.17 bits per heavy atom. The molecular formula is C9H8F5NO2S. The normalized spacial score (nSPS) is 13.6. The van der Waals surface area contributed by atoms with Crippen LogP contribution in [0.4, 0.5) is 27.6 Å². The molecule has 0 amide bonds. The molecule has 0 aliphatic rings. The number of hydrogen-bond acceptors (Lipinski definition) is 3. The van der Waals surface area contributed by atoms with Crippen molar-refractivity contribution in [3.8, 4) is 0 Å². The van der Waals surface area contributed by atoms with Crippen LogP contribution >= 0.6 is 0 Å². The quantitative estimate of drug-likeness (QED) is 0.683. The lowest BCUT2D eigenvalue weighted by atomic mass is 10.3. The molecule has 0 radical (unpaired) electrons. The van der Waals surface area contributed by atoms with Crippen LogP contribution in [-0.4, -0.2) is 22.9 Å². The Kier molecular flexibility index (Phi) is 4.63. The first-order valence-electron chi connectivity index (χ1n) is 4.48. The van der Waals surface area contributed by atoms with Gasteiger partial charge in [-0.25, -0.2) is 8.78 Å². The van der Waals surface area contributed by atoms with Crippen molar-refractivity contribution in [2.24, 2.45) is 0 Å². The molecule has 0 saturated heterocycles. The van der Waals surface area contributed by atoms with Crippen LogP contribution in [0.3, 0.4) is 0 Å². The van der Waals surface area contributed by atoms with Crippen LogP contribution in [0.1, 0.15) is 0 Å². The predicted molar refractivity (Wildman–Crippen MR) is 54.1 cm³/mol. The maximum Gasteiger partial charge on any atom is 0.411 e. The third kappa shape index (κ3) is 4.22. The Morgan fingerprint density at radius 2 is 1.72 bits per heavy atom. The molecule has 1 aromatic rings. The molecule has 3 nitrogen and oxygen atoms in total. The van der Waals surface area contributed by atoms with Crippen LogP contribution in [0.15, 0.2) is 17.0 Å². The van der Waals surface area contributed by atoms with Crippen LogP contribution in [-0.2, 0) is 15.5 Å². The molecule has 0 aliphatic carbocycles. The first-order chi connectivity index (χ1) is 8.20. The van der Waals surface area contributed by atoms with Crippen molar-refractivity contribution in [1.82, 2.24) is 0 Å². The Bertz CT molecular complexity index is 440. The topological polar surface area (TPSA) is 52.3 Å². The Labute approximate surface area is 101 Å². The molecule has 0 saturated carbocycles. The average molecular weight is 289 g/mol. The van der Waals surface area contributed by atoms with Crippen LogP contribution in [0.25, 0.3) is 0 Å². The minimum absolute atomic E-state index is 0.220. The molecule has 0 bridgehead atoms. The lowest BCUT2D eigenvalue weighted by molar-refractivity contribution is -0.169. The molecule has 2 N–H and O–H groups in total. The zero-order valence-electron chi connectivity index (χ0n) is 8.76. The van der Waals surface area contributed by atoms with E-state index in [1.807, 2.05) is 0 Å². The molecule has 18 heavy (non-hydrogen) atoms. The number of benzene rings is 1. The lowest BCUT2D eigenvalue weighted by Crippen LogP contribution is -2.19. The number of nitrogen functional groups attached to an aromatic ring is 1. The number of rotatable bonds is 4. The number of ether oxygens (including phenoxy) is 1. The Balaban J connectivity index is 2.74. The fourth-order valence-electron chi connectivity index (χ4n) is 1.09. The van der Waals surface area contributed by atoms with Gasteiger partial charge in [0.2, 0.25) is 0 Å². The Hall–Kier alpha value is -1.22. The third-order valence-electron chi connectivity index (χ3n) is 1.70. The summed E-state index contributed by atoms with van der Waals surface area (Å²) < 4.78 is 77.1. The van der Waals surface area contributed by atoms with Crippen molar-refractivity contribution in [2.75, 3.05) is 18.3 Å². The molecule has 0 spiro atoms. The van der Waals surface area contributed by atoms with E-state index in [1.54, 1.807) is 0 Å². The van der Waals surface area contributed by atoms with Gasteiger partial charge < -0.3 is 10.5 Å². The maximum atomic E-state index is 13.2. The predicted octanol–water partition coefficient (Wildman–Crippen LogP) is 2.19. The highest BCUT2D eigenvalue weighted by Crippen LogP contribution is 2.21. The standard InChI is InChI=1S/C9H8F5NO2S/c10-6-1-5(15)2-7(11)8(6)18(16)4-17-3-9(12,13)14/h1-2H,3-4,15H2. The van der Waals surface area contributed by atoms with E-state index in [1.165, 1.54) is 0 Å². The molecule has 102 valence electrons. The minimum Gasteiger partial charge on any atom is -0.399 e. The summed E-state index contributed by atoms with van der Waals surface area (Å²) >= 11 is 0. The largest absolute Gasteiger partial charge is 0.411 e. The maximum absolute atomic E-state index is 13.2. The van der Waals surface area contributed by atoms with E-state index in [0.717, 1.165) is 12.1 Å². The second kappa shape index (κ2) is 5.61. The van der Waals surface area contributed by atoms with E-state index in [0.29, 0.717) is 0 Å². The summed E-state index contributed by atoms with van der Waals surface area (Å²) in [6, 6.07) is 1.44. The van der Waals surface area contributed by atoms with Crippen LogP contribution in [0.2, 0.25) is 0 Å². The summed E-state index contributed by atoms with van der Waals surface area (Å²) in [6.07, 6.45) is -4.59. The second-order valence-electron chi connectivity index (χ2n) is 3.24. The van der Waals surface area contributed by atoms with Gasteiger partial charge >= 0.3 is 6.18 Å². The molecule has 1 unspecified atom stereocenters. The molecule has 0 aliphatic heterocycles. The fourth-order valence-corrected chi connectivity index (χ4v) is 1.99. The van der Waals surface area contributed by atoms with Gasteiger partial charge in [0.25, 0.3) is 0 Å². The summed E-state index contributed by atoms with van der Waals surface area (Å²) in [5.41, 5.74) is 4.91. The van der Waals surface area contributed by atoms with Crippen molar-refractivity contribution >= 4 is 16.5 Å². The number of anilines is 1. The zero-order chi connectivity index (χ0) is 13.9. The fraction of sp³-hybridized carbons (Fsp3) is 0.333. The van der Waals surface area contributed by atoms with E-state index < -0.39 is 46.1 Å². The van der Waals surface area contributed by atoms with Gasteiger partial charge in [-0.05, 0) is 12.1 Å². The number of alkyl halides is 3. The van der Waals surface area contributed by atoms with Gasteiger partial charge in [0.1, 0.15) is 29.1 Å². The molecule has 1 aromatic carbocycles. The van der Waals surface area contributed by atoms with E-state index in [2.05, 4.69) is 4.74 Å². The van der Waals surface area contributed by atoms with Gasteiger partial charge in [-0.1, -0.05) is 0 Å². The van der Waals surface area contributed by atoms with Crippen LogP contribution < -0.4 is 5.73 Å². The molecular weight excluding hydrogens is 281 g/mol. The van der Waals surface area contributed by atoms with Crippen LogP contribution in [0.5, 0.6) is 0 Å². The highest BCUT2D eigenvalue weighted by Gasteiger charge is 2.28. The van der Waals surface area contributed by atoms with Gasteiger partial charge in [-0.2, -0.15) is 13.2 Å². The molecule has 1 atom stereocenters. The van der Waals surface area contributed by atoms with E-state index in [-0.39, 0.29) is 5.69 Å². The van der Waals surface area contributed by atoms with Crippen molar-refractivity contribution in [2.45, 2.75) is 11.1 Å².